The number of ketones is 1. The molecule has 0 radical (unpaired) electrons. The molecule has 1 aliphatic rings. The van der Waals surface area contributed by atoms with Crippen LogP contribution in [0.25, 0.3) is 0 Å². The zero-order valence-electron chi connectivity index (χ0n) is 15.4. The molecule has 0 saturated carbocycles. The molecule has 4 rings (SSSR count). The zero-order valence-corrected chi connectivity index (χ0v) is 16.2. The summed E-state index contributed by atoms with van der Waals surface area (Å²) in [5.74, 6) is 0.151. The summed E-state index contributed by atoms with van der Waals surface area (Å²) < 4.78 is 16.0. The van der Waals surface area contributed by atoms with Gasteiger partial charge >= 0.3 is 5.97 Å². The van der Waals surface area contributed by atoms with Crippen molar-refractivity contribution in [3.8, 4) is 11.5 Å². The van der Waals surface area contributed by atoms with Gasteiger partial charge in [-0.2, -0.15) is 0 Å². The number of anilines is 1. The van der Waals surface area contributed by atoms with Gasteiger partial charge in [0.25, 0.3) is 0 Å². The molecule has 7 nitrogen and oxygen atoms in total. The first kappa shape index (κ1) is 18.9. The van der Waals surface area contributed by atoms with E-state index in [-0.39, 0.29) is 18.1 Å². The van der Waals surface area contributed by atoms with Crippen molar-refractivity contribution in [3.05, 3.63) is 70.7 Å². The van der Waals surface area contributed by atoms with Crippen LogP contribution >= 0.6 is 11.3 Å². The molecule has 1 N–H and O–H groups in total. The van der Waals surface area contributed by atoms with E-state index in [1.54, 1.807) is 23.6 Å². The normalized spacial score (nSPS) is 12.3. The third-order valence-corrected chi connectivity index (χ3v) is 5.00. The number of hydrogen-bond acceptors (Lipinski definition) is 8. The summed E-state index contributed by atoms with van der Waals surface area (Å²) >= 11 is 1.30. The standard InChI is InChI=1S/C21H18N2O5S/c24-17(15-6-7-18-19(10-15)27-9-8-26-18)12-28-20(25)16-13-29-21(23-16)22-11-14-4-2-1-3-5-14/h1-7,10,13H,8-9,11-12H2,(H,22,23). The van der Waals surface area contributed by atoms with Crippen LogP contribution in [0.4, 0.5) is 5.13 Å². The van der Waals surface area contributed by atoms with E-state index in [0.717, 1.165) is 5.56 Å². The second-order valence-corrected chi connectivity index (χ2v) is 7.09. The van der Waals surface area contributed by atoms with Gasteiger partial charge in [0.1, 0.15) is 13.2 Å². The van der Waals surface area contributed by atoms with Crippen LogP contribution in [0, 0.1) is 0 Å². The number of hydrogen-bond donors (Lipinski definition) is 1. The Labute approximate surface area is 171 Å². The lowest BCUT2D eigenvalue weighted by atomic mass is 10.1. The molecule has 0 spiro atoms. The predicted molar refractivity (Wildman–Crippen MR) is 108 cm³/mol. The van der Waals surface area contributed by atoms with Crippen LogP contribution in [0.15, 0.2) is 53.9 Å². The summed E-state index contributed by atoms with van der Waals surface area (Å²) in [6.07, 6.45) is 0. The van der Waals surface area contributed by atoms with Crippen molar-refractivity contribution >= 4 is 28.2 Å². The molecule has 148 valence electrons. The van der Waals surface area contributed by atoms with Crippen molar-refractivity contribution in [3.63, 3.8) is 0 Å². The SMILES string of the molecule is O=C(COC(=O)c1csc(NCc2ccccc2)n1)c1ccc2c(c1)OCCO2. The number of benzene rings is 2. The lowest BCUT2D eigenvalue weighted by Crippen LogP contribution is -2.17. The number of carbonyl (C=O) groups is 2. The molecule has 0 unspecified atom stereocenters. The van der Waals surface area contributed by atoms with E-state index in [9.17, 15) is 9.59 Å². The average Bonchev–Trinajstić information content (AvgIpc) is 3.25. The van der Waals surface area contributed by atoms with Gasteiger partial charge in [0, 0.05) is 17.5 Å². The Morgan fingerprint density at radius 2 is 1.86 bits per heavy atom. The largest absolute Gasteiger partial charge is 0.486 e. The quantitative estimate of drug-likeness (QED) is 0.471. The lowest BCUT2D eigenvalue weighted by molar-refractivity contribution is 0.0469. The molecule has 8 heteroatoms. The third kappa shape index (κ3) is 4.72. The number of aromatic nitrogens is 1. The lowest BCUT2D eigenvalue weighted by Gasteiger charge is -2.18. The first-order chi connectivity index (χ1) is 14.2. The number of Topliss-reactive ketones (excluding diaryl/α,β-unsaturated/α-hetero) is 1. The van der Waals surface area contributed by atoms with Gasteiger partial charge in [-0.05, 0) is 23.8 Å². The summed E-state index contributed by atoms with van der Waals surface area (Å²) in [4.78, 5) is 28.7. The minimum Gasteiger partial charge on any atom is -0.486 e. The van der Waals surface area contributed by atoms with E-state index >= 15 is 0 Å². The fraction of sp³-hybridized carbons (Fsp3) is 0.190. The number of esters is 1. The van der Waals surface area contributed by atoms with E-state index in [1.165, 1.54) is 11.3 Å². The van der Waals surface area contributed by atoms with Gasteiger partial charge < -0.3 is 19.5 Å². The Kier molecular flexibility index (Phi) is 5.71. The van der Waals surface area contributed by atoms with Crippen LogP contribution < -0.4 is 14.8 Å². The van der Waals surface area contributed by atoms with Crippen LogP contribution in [-0.4, -0.2) is 36.6 Å². The third-order valence-electron chi connectivity index (χ3n) is 4.20. The average molecular weight is 410 g/mol. The highest BCUT2D eigenvalue weighted by Crippen LogP contribution is 2.30. The second-order valence-electron chi connectivity index (χ2n) is 6.23. The summed E-state index contributed by atoms with van der Waals surface area (Å²) in [6.45, 7) is 1.14. The van der Waals surface area contributed by atoms with Gasteiger partial charge in [-0.1, -0.05) is 30.3 Å². The molecule has 1 aromatic heterocycles. The van der Waals surface area contributed by atoms with E-state index in [2.05, 4.69) is 10.3 Å². The smallest absolute Gasteiger partial charge is 0.358 e. The van der Waals surface area contributed by atoms with Crippen molar-refractivity contribution in [2.45, 2.75) is 6.54 Å². The molecule has 0 atom stereocenters. The molecule has 3 aromatic rings. The van der Waals surface area contributed by atoms with Crippen LogP contribution in [0.2, 0.25) is 0 Å². The Morgan fingerprint density at radius 3 is 2.69 bits per heavy atom. The maximum Gasteiger partial charge on any atom is 0.358 e. The fourth-order valence-electron chi connectivity index (χ4n) is 2.73. The molecule has 2 heterocycles. The first-order valence-electron chi connectivity index (χ1n) is 9.02. The molecule has 1 aliphatic heterocycles. The Bertz CT molecular complexity index is 1020. The van der Waals surface area contributed by atoms with E-state index in [0.29, 0.717) is 42.0 Å². The van der Waals surface area contributed by atoms with Gasteiger partial charge in [0.05, 0.1) is 0 Å². The van der Waals surface area contributed by atoms with Crippen molar-refractivity contribution in [2.75, 3.05) is 25.1 Å². The number of thiazole rings is 1. The molecule has 2 aromatic carbocycles. The Morgan fingerprint density at radius 1 is 1.07 bits per heavy atom. The molecular weight excluding hydrogens is 392 g/mol. The van der Waals surface area contributed by atoms with Crippen molar-refractivity contribution in [1.29, 1.82) is 0 Å². The highest BCUT2D eigenvalue weighted by Gasteiger charge is 2.18. The topological polar surface area (TPSA) is 86.8 Å². The summed E-state index contributed by atoms with van der Waals surface area (Å²) in [7, 11) is 0. The molecular formula is C21H18N2O5S. The maximum atomic E-state index is 12.3. The molecule has 0 bridgehead atoms. The number of nitrogens with zero attached hydrogens (tertiary/aromatic N) is 1. The number of nitrogens with one attached hydrogen (secondary N) is 1. The van der Waals surface area contributed by atoms with Gasteiger partial charge in [0.2, 0.25) is 0 Å². The number of ether oxygens (including phenoxy) is 3. The van der Waals surface area contributed by atoms with Crippen molar-refractivity contribution < 1.29 is 23.8 Å². The van der Waals surface area contributed by atoms with Crippen LogP contribution in [-0.2, 0) is 11.3 Å². The minimum absolute atomic E-state index is 0.167. The van der Waals surface area contributed by atoms with Crippen LogP contribution in [0.3, 0.4) is 0 Å². The highest BCUT2D eigenvalue weighted by atomic mass is 32.1. The van der Waals surface area contributed by atoms with E-state index in [1.807, 2.05) is 30.3 Å². The molecule has 0 amide bonds. The zero-order chi connectivity index (χ0) is 20.1. The van der Waals surface area contributed by atoms with Crippen molar-refractivity contribution in [2.24, 2.45) is 0 Å². The minimum atomic E-state index is -0.639. The monoisotopic (exact) mass is 410 g/mol. The van der Waals surface area contributed by atoms with Gasteiger partial charge in [-0.25, -0.2) is 9.78 Å². The molecule has 0 fully saturated rings. The molecule has 0 aliphatic carbocycles. The van der Waals surface area contributed by atoms with E-state index < -0.39 is 5.97 Å². The predicted octanol–water partition coefficient (Wildman–Crippen LogP) is 3.57. The van der Waals surface area contributed by atoms with Gasteiger partial charge in [-0.3, -0.25) is 4.79 Å². The van der Waals surface area contributed by atoms with Gasteiger partial charge in [-0.15, -0.1) is 11.3 Å². The van der Waals surface area contributed by atoms with Crippen molar-refractivity contribution in [1.82, 2.24) is 4.98 Å². The molecule has 29 heavy (non-hydrogen) atoms. The number of fused-ring (bicyclic) bond motifs is 1. The van der Waals surface area contributed by atoms with Crippen LogP contribution in [0.5, 0.6) is 11.5 Å². The maximum absolute atomic E-state index is 12.3. The highest BCUT2D eigenvalue weighted by molar-refractivity contribution is 7.13. The number of rotatable bonds is 7. The Hall–Kier alpha value is -3.39. The fourth-order valence-corrected chi connectivity index (χ4v) is 3.41. The van der Waals surface area contributed by atoms with Crippen LogP contribution in [0.1, 0.15) is 26.4 Å². The van der Waals surface area contributed by atoms with E-state index in [4.69, 9.17) is 14.2 Å². The first-order valence-corrected chi connectivity index (χ1v) is 9.90. The summed E-state index contributed by atoms with van der Waals surface area (Å²) in [5, 5.41) is 5.37. The van der Waals surface area contributed by atoms with Gasteiger partial charge in [0.15, 0.2) is 34.7 Å². The Balaban J connectivity index is 1.30. The second kappa shape index (κ2) is 8.74. The summed E-state index contributed by atoms with van der Waals surface area (Å²) in [5.41, 5.74) is 1.67. The molecule has 0 saturated heterocycles. The number of carbonyl (C=O) groups excluding carboxylic acids is 2. The summed E-state index contributed by atoms with van der Waals surface area (Å²) in [6, 6.07) is 14.8.